The molecule has 3 nitrogen and oxygen atoms in total. The molecular formula is C22H17ClN2OS. The van der Waals surface area contributed by atoms with Crippen LogP contribution in [-0.4, -0.2) is 5.91 Å². The highest BCUT2D eigenvalue weighted by Crippen LogP contribution is 2.42. The van der Waals surface area contributed by atoms with Crippen molar-refractivity contribution in [1.29, 1.82) is 0 Å². The Bertz CT molecular complexity index is 989. The van der Waals surface area contributed by atoms with Crippen molar-refractivity contribution in [2.45, 2.75) is 5.37 Å². The lowest BCUT2D eigenvalue weighted by Gasteiger charge is -2.12. The topological polar surface area (TPSA) is 41.1 Å². The Morgan fingerprint density at radius 1 is 0.889 bits per heavy atom. The fraction of sp³-hybridized carbons (Fsp3) is 0.0455. The molecule has 3 aromatic carbocycles. The van der Waals surface area contributed by atoms with Gasteiger partial charge in [0.05, 0.1) is 16.3 Å². The quantitative estimate of drug-likeness (QED) is 0.621. The molecule has 0 saturated carbocycles. The van der Waals surface area contributed by atoms with Gasteiger partial charge < -0.3 is 10.6 Å². The lowest BCUT2D eigenvalue weighted by molar-refractivity contribution is 0.0969. The van der Waals surface area contributed by atoms with Gasteiger partial charge in [-0.15, -0.1) is 0 Å². The van der Waals surface area contributed by atoms with E-state index in [0.717, 1.165) is 21.9 Å². The average molecular weight is 393 g/mol. The van der Waals surface area contributed by atoms with Crippen LogP contribution in [0.2, 0.25) is 5.02 Å². The maximum absolute atomic E-state index is 12.8. The monoisotopic (exact) mass is 392 g/mol. The van der Waals surface area contributed by atoms with E-state index >= 15 is 0 Å². The number of thioether (sulfide) groups is 1. The van der Waals surface area contributed by atoms with Crippen molar-refractivity contribution in [2.75, 3.05) is 0 Å². The Kier molecular flexibility index (Phi) is 5.19. The van der Waals surface area contributed by atoms with Gasteiger partial charge in [-0.25, -0.2) is 0 Å². The SMILES string of the molecule is O=C(NC1=C(c2ccccc2)NC(c2ccccc2)S1)c1ccccc1Cl. The molecule has 1 atom stereocenters. The molecule has 4 rings (SSSR count). The van der Waals surface area contributed by atoms with E-state index < -0.39 is 0 Å². The number of halogens is 1. The largest absolute Gasteiger partial charge is 0.367 e. The molecule has 1 aliphatic heterocycles. The zero-order valence-electron chi connectivity index (χ0n) is 14.4. The third kappa shape index (κ3) is 3.87. The molecule has 0 aromatic heterocycles. The standard InChI is InChI=1S/C22H17ClN2OS/c23-18-14-8-7-13-17(18)20(26)25-22-19(15-9-3-1-4-10-15)24-21(27-22)16-11-5-2-6-12-16/h1-14,21,24H,(H,25,26). The van der Waals surface area contributed by atoms with Gasteiger partial charge in [0.2, 0.25) is 0 Å². The number of hydrogen-bond acceptors (Lipinski definition) is 3. The highest BCUT2D eigenvalue weighted by molar-refractivity contribution is 8.03. The van der Waals surface area contributed by atoms with Crippen LogP contribution in [-0.2, 0) is 0 Å². The van der Waals surface area contributed by atoms with E-state index in [1.54, 1.807) is 30.0 Å². The third-order valence-electron chi connectivity index (χ3n) is 4.25. The number of nitrogens with one attached hydrogen (secondary N) is 2. The van der Waals surface area contributed by atoms with E-state index in [4.69, 9.17) is 11.6 Å². The normalized spacial score (nSPS) is 16.1. The van der Waals surface area contributed by atoms with Gasteiger partial charge >= 0.3 is 0 Å². The van der Waals surface area contributed by atoms with Gasteiger partial charge in [0, 0.05) is 5.56 Å². The molecule has 0 spiro atoms. The van der Waals surface area contributed by atoms with Crippen LogP contribution >= 0.6 is 23.4 Å². The van der Waals surface area contributed by atoms with Crippen molar-refractivity contribution < 1.29 is 4.79 Å². The molecule has 27 heavy (non-hydrogen) atoms. The van der Waals surface area contributed by atoms with E-state index in [1.807, 2.05) is 54.6 Å². The van der Waals surface area contributed by atoms with E-state index in [-0.39, 0.29) is 11.3 Å². The highest BCUT2D eigenvalue weighted by Gasteiger charge is 2.28. The summed E-state index contributed by atoms with van der Waals surface area (Å²) in [6, 6.07) is 27.2. The lowest BCUT2D eigenvalue weighted by atomic mass is 10.1. The zero-order chi connectivity index (χ0) is 18.6. The summed E-state index contributed by atoms with van der Waals surface area (Å²) < 4.78 is 0. The van der Waals surface area contributed by atoms with Gasteiger partial charge in [0.25, 0.3) is 5.91 Å². The van der Waals surface area contributed by atoms with E-state index in [2.05, 4.69) is 22.8 Å². The Hall–Kier alpha value is -2.69. The van der Waals surface area contributed by atoms with Crippen LogP contribution in [0.5, 0.6) is 0 Å². The minimum atomic E-state index is -0.216. The van der Waals surface area contributed by atoms with Gasteiger partial charge in [-0.3, -0.25) is 4.79 Å². The molecule has 134 valence electrons. The Morgan fingerprint density at radius 3 is 2.22 bits per heavy atom. The molecule has 1 unspecified atom stereocenters. The number of carbonyl (C=O) groups is 1. The zero-order valence-corrected chi connectivity index (χ0v) is 15.9. The summed E-state index contributed by atoms with van der Waals surface area (Å²) in [6.45, 7) is 0. The summed E-state index contributed by atoms with van der Waals surface area (Å²) in [5.41, 5.74) is 3.55. The second kappa shape index (κ2) is 7.91. The first-order valence-electron chi connectivity index (χ1n) is 8.56. The fourth-order valence-electron chi connectivity index (χ4n) is 2.91. The summed E-state index contributed by atoms with van der Waals surface area (Å²) in [7, 11) is 0. The predicted molar refractivity (Wildman–Crippen MR) is 112 cm³/mol. The maximum Gasteiger partial charge on any atom is 0.257 e. The van der Waals surface area contributed by atoms with Crippen molar-refractivity contribution >= 4 is 35.0 Å². The fourth-order valence-corrected chi connectivity index (χ4v) is 4.28. The second-order valence-electron chi connectivity index (χ2n) is 6.06. The van der Waals surface area contributed by atoms with Crippen LogP contribution in [0.25, 0.3) is 5.70 Å². The molecule has 0 saturated heterocycles. The van der Waals surface area contributed by atoms with E-state index in [1.165, 1.54) is 0 Å². The van der Waals surface area contributed by atoms with Crippen LogP contribution in [0, 0.1) is 0 Å². The molecule has 2 N–H and O–H groups in total. The molecule has 0 aliphatic carbocycles. The summed E-state index contributed by atoms with van der Waals surface area (Å²) in [6.07, 6.45) is 0. The van der Waals surface area contributed by atoms with Crippen LogP contribution in [0.1, 0.15) is 26.9 Å². The summed E-state index contributed by atoms with van der Waals surface area (Å²) in [5.74, 6) is -0.216. The summed E-state index contributed by atoms with van der Waals surface area (Å²) in [4.78, 5) is 12.8. The van der Waals surface area contributed by atoms with Gasteiger partial charge in [-0.2, -0.15) is 0 Å². The number of carbonyl (C=O) groups excluding carboxylic acids is 1. The third-order valence-corrected chi connectivity index (χ3v) is 5.75. The lowest BCUT2D eigenvalue weighted by Crippen LogP contribution is -2.22. The minimum absolute atomic E-state index is 0.0305. The molecule has 1 amide bonds. The summed E-state index contributed by atoms with van der Waals surface area (Å²) in [5, 5.41) is 7.84. The number of amides is 1. The average Bonchev–Trinajstić information content (AvgIpc) is 3.13. The first-order chi connectivity index (χ1) is 13.2. The van der Waals surface area contributed by atoms with Crippen molar-refractivity contribution in [3.8, 4) is 0 Å². The Labute approximate surface area is 167 Å². The number of hydrogen-bond donors (Lipinski definition) is 2. The smallest absolute Gasteiger partial charge is 0.257 e. The van der Waals surface area contributed by atoms with Crippen molar-refractivity contribution in [3.05, 3.63) is 112 Å². The van der Waals surface area contributed by atoms with Crippen LogP contribution < -0.4 is 10.6 Å². The highest BCUT2D eigenvalue weighted by atomic mass is 35.5. The predicted octanol–water partition coefficient (Wildman–Crippen LogP) is 5.43. The van der Waals surface area contributed by atoms with Crippen LogP contribution in [0.3, 0.4) is 0 Å². The van der Waals surface area contributed by atoms with Gasteiger partial charge in [-0.05, 0) is 17.7 Å². The van der Waals surface area contributed by atoms with Crippen molar-refractivity contribution in [2.24, 2.45) is 0 Å². The van der Waals surface area contributed by atoms with Crippen LogP contribution in [0.4, 0.5) is 0 Å². The molecule has 1 heterocycles. The van der Waals surface area contributed by atoms with Crippen molar-refractivity contribution in [1.82, 2.24) is 10.6 Å². The van der Waals surface area contributed by atoms with E-state index in [9.17, 15) is 4.79 Å². The van der Waals surface area contributed by atoms with Gasteiger partial charge in [0.15, 0.2) is 0 Å². The van der Waals surface area contributed by atoms with E-state index in [0.29, 0.717) is 10.6 Å². The first-order valence-corrected chi connectivity index (χ1v) is 9.82. The molecule has 0 fully saturated rings. The Morgan fingerprint density at radius 2 is 1.52 bits per heavy atom. The molecule has 0 radical (unpaired) electrons. The maximum atomic E-state index is 12.8. The number of benzene rings is 3. The number of rotatable bonds is 4. The molecule has 3 aromatic rings. The Balaban J connectivity index is 1.65. The minimum Gasteiger partial charge on any atom is -0.367 e. The summed E-state index contributed by atoms with van der Waals surface area (Å²) >= 11 is 7.77. The molecular weight excluding hydrogens is 376 g/mol. The second-order valence-corrected chi connectivity index (χ2v) is 7.58. The molecule has 1 aliphatic rings. The van der Waals surface area contributed by atoms with Gasteiger partial charge in [0.1, 0.15) is 10.4 Å². The van der Waals surface area contributed by atoms with Crippen molar-refractivity contribution in [3.63, 3.8) is 0 Å². The molecule has 5 heteroatoms. The van der Waals surface area contributed by atoms with Gasteiger partial charge in [-0.1, -0.05) is 96.2 Å². The molecule has 0 bridgehead atoms. The first kappa shape index (κ1) is 17.7. The van der Waals surface area contributed by atoms with Crippen LogP contribution in [0.15, 0.2) is 90.0 Å².